The SMILES string of the molecule is CC(C)C1=C2C3C(O)C=C4C(=O)OC5C(=O)COC6OC(C4C65O)C3(C)CCC2(C)CC1. The summed E-state index contributed by atoms with van der Waals surface area (Å²) in [6.07, 6.45) is 1.58. The summed E-state index contributed by atoms with van der Waals surface area (Å²) in [7, 11) is 0. The Morgan fingerprint density at radius 3 is 2.59 bits per heavy atom. The Hall–Kier alpha value is -1.54. The minimum Gasteiger partial charge on any atom is -0.448 e. The van der Waals surface area contributed by atoms with Gasteiger partial charge in [0.15, 0.2) is 18.0 Å². The summed E-state index contributed by atoms with van der Waals surface area (Å²) in [6.45, 7) is 8.55. The largest absolute Gasteiger partial charge is 0.448 e. The lowest BCUT2D eigenvalue weighted by Crippen LogP contribution is -2.67. The number of esters is 1. The third-order valence-electron chi connectivity index (χ3n) is 9.55. The van der Waals surface area contributed by atoms with Crippen molar-refractivity contribution >= 4 is 11.8 Å². The summed E-state index contributed by atoms with van der Waals surface area (Å²) < 4.78 is 17.5. The molecule has 4 fully saturated rings. The van der Waals surface area contributed by atoms with E-state index in [0.29, 0.717) is 5.92 Å². The fraction of sp³-hybridized carbons (Fsp3) is 0.760. The number of aliphatic hydroxyl groups excluding tert-OH is 1. The maximum absolute atomic E-state index is 13.0. The number of Topliss-reactive ketones (excluding diaryl/α,β-unsaturated/α-hetero) is 1. The Balaban J connectivity index is 1.57. The molecule has 7 heteroatoms. The average molecular weight is 445 g/mol. The fourth-order valence-electron chi connectivity index (χ4n) is 7.94. The van der Waals surface area contributed by atoms with Gasteiger partial charge in [-0.15, -0.1) is 0 Å². The number of allylic oxidation sites excluding steroid dienone is 1. The minimum atomic E-state index is -1.77. The lowest BCUT2D eigenvalue weighted by Gasteiger charge is -2.53. The van der Waals surface area contributed by atoms with Crippen molar-refractivity contribution in [3.8, 4) is 0 Å². The first kappa shape index (κ1) is 21.0. The molecule has 3 saturated heterocycles. The van der Waals surface area contributed by atoms with E-state index in [9.17, 15) is 19.8 Å². The first-order valence-corrected chi connectivity index (χ1v) is 11.9. The summed E-state index contributed by atoms with van der Waals surface area (Å²) in [5, 5.41) is 23.4. The molecule has 0 bridgehead atoms. The van der Waals surface area contributed by atoms with E-state index < -0.39 is 53.3 Å². The van der Waals surface area contributed by atoms with Gasteiger partial charge in [-0.05, 0) is 43.1 Å². The van der Waals surface area contributed by atoms with Gasteiger partial charge >= 0.3 is 5.97 Å². The second-order valence-corrected chi connectivity index (χ2v) is 11.6. The van der Waals surface area contributed by atoms with Gasteiger partial charge in [0.2, 0.25) is 5.78 Å². The van der Waals surface area contributed by atoms with Crippen molar-refractivity contribution in [3.05, 3.63) is 22.8 Å². The fourth-order valence-corrected chi connectivity index (χ4v) is 7.94. The van der Waals surface area contributed by atoms with E-state index in [0.717, 1.165) is 25.7 Å². The first-order valence-electron chi connectivity index (χ1n) is 11.9. The third-order valence-corrected chi connectivity index (χ3v) is 9.55. The Bertz CT molecular complexity index is 981. The molecule has 0 spiro atoms. The van der Waals surface area contributed by atoms with Gasteiger partial charge < -0.3 is 24.4 Å². The molecule has 0 aromatic carbocycles. The average Bonchev–Trinajstić information content (AvgIpc) is 3.20. The van der Waals surface area contributed by atoms with Crippen molar-refractivity contribution in [1.82, 2.24) is 0 Å². The van der Waals surface area contributed by atoms with Gasteiger partial charge in [-0.3, -0.25) is 4.79 Å². The van der Waals surface area contributed by atoms with Crippen molar-refractivity contribution in [2.45, 2.75) is 83.6 Å². The van der Waals surface area contributed by atoms with Crippen molar-refractivity contribution in [3.63, 3.8) is 0 Å². The maximum Gasteiger partial charge on any atom is 0.335 e. The van der Waals surface area contributed by atoms with E-state index in [1.54, 1.807) is 6.08 Å². The van der Waals surface area contributed by atoms with E-state index in [4.69, 9.17) is 14.2 Å². The second kappa shape index (κ2) is 6.32. The van der Waals surface area contributed by atoms with Crippen LogP contribution >= 0.6 is 0 Å². The number of hydrogen-bond acceptors (Lipinski definition) is 7. The van der Waals surface area contributed by atoms with E-state index in [1.165, 1.54) is 11.1 Å². The Kier molecular flexibility index (Phi) is 4.15. The molecule has 32 heavy (non-hydrogen) atoms. The monoisotopic (exact) mass is 444 g/mol. The van der Waals surface area contributed by atoms with Crippen LogP contribution in [0.15, 0.2) is 22.8 Å². The Labute approximate surface area is 187 Å². The predicted octanol–water partition coefficient (Wildman–Crippen LogP) is 2.05. The number of ether oxygens (including phenoxy) is 3. The third kappa shape index (κ3) is 2.31. The van der Waals surface area contributed by atoms with Crippen LogP contribution in [-0.4, -0.2) is 58.8 Å². The molecule has 0 radical (unpaired) electrons. The van der Waals surface area contributed by atoms with Gasteiger partial charge in [-0.1, -0.05) is 38.8 Å². The zero-order valence-electron chi connectivity index (χ0n) is 19.1. The van der Waals surface area contributed by atoms with Crippen LogP contribution in [0.3, 0.4) is 0 Å². The minimum absolute atomic E-state index is 0.0105. The maximum atomic E-state index is 13.0. The Morgan fingerprint density at radius 1 is 1.12 bits per heavy atom. The molecular weight excluding hydrogens is 412 g/mol. The number of carbonyl (C=O) groups is 2. The molecule has 6 aliphatic rings. The van der Waals surface area contributed by atoms with Gasteiger partial charge in [-0.2, -0.15) is 0 Å². The lowest BCUT2D eigenvalue weighted by atomic mass is 9.52. The predicted molar refractivity (Wildman–Crippen MR) is 112 cm³/mol. The van der Waals surface area contributed by atoms with Crippen LogP contribution in [0.2, 0.25) is 0 Å². The van der Waals surface area contributed by atoms with Crippen LogP contribution in [0.1, 0.15) is 53.4 Å². The van der Waals surface area contributed by atoms with Crippen LogP contribution in [0.25, 0.3) is 0 Å². The first-order chi connectivity index (χ1) is 15.0. The van der Waals surface area contributed by atoms with Crippen molar-refractivity contribution in [2.24, 2.45) is 28.6 Å². The molecule has 0 aromatic heterocycles. The highest BCUT2D eigenvalue weighted by molar-refractivity contribution is 5.97. The molecule has 3 heterocycles. The van der Waals surface area contributed by atoms with Crippen molar-refractivity contribution < 1.29 is 34.0 Å². The molecule has 7 nitrogen and oxygen atoms in total. The van der Waals surface area contributed by atoms with Crippen LogP contribution < -0.4 is 0 Å². The molecule has 2 N–H and O–H groups in total. The van der Waals surface area contributed by atoms with Crippen LogP contribution in [0, 0.1) is 28.6 Å². The van der Waals surface area contributed by atoms with Crippen molar-refractivity contribution in [2.75, 3.05) is 6.61 Å². The molecule has 9 unspecified atom stereocenters. The van der Waals surface area contributed by atoms with Gasteiger partial charge in [0, 0.05) is 16.9 Å². The number of aliphatic hydroxyl groups is 2. The summed E-state index contributed by atoms with van der Waals surface area (Å²) in [5.41, 5.74) is 0.607. The Morgan fingerprint density at radius 2 is 1.88 bits per heavy atom. The van der Waals surface area contributed by atoms with Crippen molar-refractivity contribution in [1.29, 1.82) is 0 Å². The van der Waals surface area contributed by atoms with Gasteiger partial charge in [0.1, 0.15) is 6.61 Å². The summed E-state index contributed by atoms with van der Waals surface area (Å²) in [6, 6.07) is 0. The van der Waals surface area contributed by atoms with E-state index in [-0.39, 0.29) is 23.5 Å². The van der Waals surface area contributed by atoms with Gasteiger partial charge in [0.05, 0.1) is 18.1 Å². The zero-order chi connectivity index (χ0) is 22.8. The molecule has 1 saturated carbocycles. The lowest BCUT2D eigenvalue weighted by molar-refractivity contribution is -0.261. The number of rotatable bonds is 1. The topological polar surface area (TPSA) is 102 Å². The number of hydrogen-bond donors (Lipinski definition) is 2. The molecule has 3 aliphatic heterocycles. The van der Waals surface area contributed by atoms with Gasteiger partial charge in [-0.25, -0.2) is 4.79 Å². The number of ketones is 1. The van der Waals surface area contributed by atoms with E-state index >= 15 is 0 Å². The molecule has 0 aromatic rings. The van der Waals surface area contributed by atoms with Gasteiger partial charge in [0.25, 0.3) is 0 Å². The number of fused-ring (bicyclic) bond motifs is 4. The van der Waals surface area contributed by atoms with E-state index in [1.807, 2.05) is 0 Å². The van der Waals surface area contributed by atoms with E-state index in [2.05, 4.69) is 27.7 Å². The molecule has 6 rings (SSSR count). The zero-order valence-corrected chi connectivity index (χ0v) is 19.1. The summed E-state index contributed by atoms with van der Waals surface area (Å²) >= 11 is 0. The standard InChI is InChI=1S/C25H32O7/c1-11(2)12-5-6-23(3)7-8-24(4)18(16(12)23)14(26)9-13-17-20(24)32-22-25(17,29)19(31-21(13)28)15(27)10-30-22/h9,11,14,17-20,22,26,29H,5-8,10H2,1-4H3. The highest BCUT2D eigenvalue weighted by atomic mass is 16.7. The highest BCUT2D eigenvalue weighted by Gasteiger charge is 2.74. The van der Waals surface area contributed by atoms with Crippen LogP contribution in [-0.2, 0) is 23.8 Å². The highest BCUT2D eigenvalue weighted by Crippen LogP contribution is 2.67. The normalized spacial score (nSPS) is 51.7. The second-order valence-electron chi connectivity index (χ2n) is 11.6. The summed E-state index contributed by atoms with van der Waals surface area (Å²) in [5.74, 6) is -1.76. The van der Waals surface area contributed by atoms with Crippen LogP contribution in [0.4, 0.5) is 0 Å². The summed E-state index contributed by atoms with van der Waals surface area (Å²) in [4.78, 5) is 25.6. The van der Waals surface area contributed by atoms with Crippen LogP contribution in [0.5, 0.6) is 0 Å². The smallest absolute Gasteiger partial charge is 0.335 e. The quantitative estimate of drug-likeness (QED) is 0.471. The molecule has 9 atom stereocenters. The molecule has 0 amide bonds. The molecular formula is C25H32O7. The molecule has 3 aliphatic carbocycles. The number of carbonyl (C=O) groups excluding carboxylic acids is 2. The molecule has 174 valence electrons.